The average Bonchev–Trinajstić information content (AvgIpc) is 3.27. The molecule has 3 heterocycles. The van der Waals surface area contributed by atoms with Crippen molar-refractivity contribution in [2.45, 2.75) is 39.7 Å². The van der Waals surface area contributed by atoms with E-state index in [-0.39, 0.29) is 0 Å². The lowest BCUT2D eigenvalue weighted by atomic mass is 9.96. The van der Waals surface area contributed by atoms with Crippen molar-refractivity contribution in [2.24, 2.45) is 0 Å². The van der Waals surface area contributed by atoms with Crippen LogP contribution in [0.5, 0.6) is 5.75 Å². The van der Waals surface area contributed by atoms with E-state index in [1.807, 2.05) is 37.6 Å². The van der Waals surface area contributed by atoms with E-state index in [4.69, 9.17) is 9.72 Å². The third-order valence-corrected chi connectivity index (χ3v) is 6.55. The molecule has 7 heteroatoms. The van der Waals surface area contributed by atoms with E-state index in [1.54, 1.807) is 13.4 Å². The normalized spacial score (nSPS) is 16.4. The summed E-state index contributed by atoms with van der Waals surface area (Å²) in [6.45, 7) is 9.47. The van der Waals surface area contributed by atoms with Crippen LogP contribution in [0.15, 0.2) is 31.0 Å². The lowest BCUT2D eigenvalue weighted by molar-refractivity contribution is 0.324. The third kappa shape index (κ3) is 4.30. The number of hydrogen-bond acceptors (Lipinski definition) is 7. The van der Waals surface area contributed by atoms with Crippen LogP contribution >= 0.6 is 0 Å². The summed E-state index contributed by atoms with van der Waals surface area (Å²) in [4.78, 5) is 22.4. The summed E-state index contributed by atoms with van der Waals surface area (Å²) in [6.07, 6.45) is 8.21. The SMILES string of the molecule is COc1cc(C)c(CN2CC[C@@H](c3nc(N(C)C)ncc3-c3cncnc3)C2)c(C)c1C. The first-order valence-electron chi connectivity index (χ1n) is 11.0. The Hall–Kier alpha value is -3.06. The van der Waals surface area contributed by atoms with Crippen molar-refractivity contribution in [1.29, 1.82) is 0 Å². The molecular weight excluding hydrogens is 400 g/mol. The van der Waals surface area contributed by atoms with Gasteiger partial charge in [0.1, 0.15) is 12.1 Å². The Labute approximate surface area is 190 Å². The second-order valence-corrected chi connectivity index (χ2v) is 8.84. The van der Waals surface area contributed by atoms with Gasteiger partial charge in [-0.15, -0.1) is 0 Å². The lowest BCUT2D eigenvalue weighted by Gasteiger charge is -2.22. The van der Waals surface area contributed by atoms with Gasteiger partial charge < -0.3 is 9.64 Å². The van der Waals surface area contributed by atoms with Gasteiger partial charge in [-0.1, -0.05) is 0 Å². The number of anilines is 1. The number of methoxy groups -OCH3 is 1. The van der Waals surface area contributed by atoms with Gasteiger partial charge in [-0.05, 0) is 62.1 Å². The average molecular weight is 433 g/mol. The predicted octanol–water partition coefficient (Wildman–Crippen LogP) is 3.92. The zero-order valence-electron chi connectivity index (χ0n) is 19.9. The zero-order chi connectivity index (χ0) is 22.8. The summed E-state index contributed by atoms with van der Waals surface area (Å²) in [7, 11) is 5.69. The van der Waals surface area contributed by atoms with Crippen molar-refractivity contribution in [3.63, 3.8) is 0 Å². The molecule has 2 aromatic heterocycles. The molecule has 1 aliphatic heterocycles. The van der Waals surface area contributed by atoms with Gasteiger partial charge in [-0.2, -0.15) is 0 Å². The molecule has 0 aliphatic carbocycles. The van der Waals surface area contributed by atoms with Crippen LogP contribution in [0.2, 0.25) is 0 Å². The molecule has 7 nitrogen and oxygen atoms in total. The van der Waals surface area contributed by atoms with Crippen LogP contribution < -0.4 is 9.64 Å². The highest BCUT2D eigenvalue weighted by Gasteiger charge is 2.29. The molecule has 0 saturated carbocycles. The molecule has 0 bridgehead atoms. The van der Waals surface area contributed by atoms with Crippen LogP contribution in [0, 0.1) is 20.8 Å². The van der Waals surface area contributed by atoms with Gasteiger partial charge in [0.25, 0.3) is 0 Å². The maximum atomic E-state index is 5.55. The predicted molar refractivity (Wildman–Crippen MR) is 127 cm³/mol. The Morgan fingerprint density at radius 1 is 1.09 bits per heavy atom. The van der Waals surface area contributed by atoms with Crippen molar-refractivity contribution in [3.8, 4) is 16.9 Å². The van der Waals surface area contributed by atoms with Gasteiger partial charge >= 0.3 is 0 Å². The number of likely N-dealkylation sites (tertiary alicyclic amines) is 1. The van der Waals surface area contributed by atoms with Crippen molar-refractivity contribution in [2.75, 3.05) is 39.2 Å². The molecule has 1 saturated heterocycles. The van der Waals surface area contributed by atoms with Crippen LogP contribution in [-0.2, 0) is 6.54 Å². The number of aryl methyl sites for hydroxylation is 1. The lowest BCUT2D eigenvalue weighted by Crippen LogP contribution is -2.22. The van der Waals surface area contributed by atoms with Gasteiger partial charge in [-0.25, -0.2) is 19.9 Å². The molecule has 1 aromatic carbocycles. The molecule has 1 aliphatic rings. The van der Waals surface area contributed by atoms with E-state index < -0.39 is 0 Å². The highest BCUT2D eigenvalue weighted by molar-refractivity contribution is 5.65. The Morgan fingerprint density at radius 3 is 2.53 bits per heavy atom. The molecular formula is C25H32N6O. The first-order valence-corrected chi connectivity index (χ1v) is 11.0. The van der Waals surface area contributed by atoms with Crippen LogP contribution in [0.3, 0.4) is 0 Å². The number of benzene rings is 1. The summed E-state index contributed by atoms with van der Waals surface area (Å²) < 4.78 is 5.55. The zero-order valence-corrected chi connectivity index (χ0v) is 19.9. The largest absolute Gasteiger partial charge is 0.496 e. The van der Waals surface area contributed by atoms with E-state index in [2.05, 4.69) is 46.7 Å². The molecule has 1 atom stereocenters. The topological polar surface area (TPSA) is 67.3 Å². The second-order valence-electron chi connectivity index (χ2n) is 8.84. The summed E-state index contributed by atoms with van der Waals surface area (Å²) in [5, 5.41) is 0. The fourth-order valence-electron chi connectivity index (χ4n) is 4.55. The van der Waals surface area contributed by atoms with Crippen molar-refractivity contribution in [1.82, 2.24) is 24.8 Å². The first kappa shape index (κ1) is 22.1. The van der Waals surface area contributed by atoms with Crippen LogP contribution in [0.1, 0.15) is 40.3 Å². The summed E-state index contributed by atoms with van der Waals surface area (Å²) >= 11 is 0. The van der Waals surface area contributed by atoms with Crippen LogP contribution in [0.4, 0.5) is 5.95 Å². The number of rotatable bonds is 6. The second kappa shape index (κ2) is 9.20. The fourth-order valence-corrected chi connectivity index (χ4v) is 4.55. The van der Waals surface area contributed by atoms with E-state index >= 15 is 0 Å². The van der Waals surface area contributed by atoms with E-state index in [0.717, 1.165) is 54.6 Å². The smallest absolute Gasteiger partial charge is 0.225 e. The molecule has 1 fully saturated rings. The molecule has 168 valence electrons. The minimum Gasteiger partial charge on any atom is -0.496 e. The van der Waals surface area contributed by atoms with Crippen LogP contribution in [0.25, 0.3) is 11.1 Å². The highest BCUT2D eigenvalue weighted by atomic mass is 16.5. The maximum Gasteiger partial charge on any atom is 0.225 e. The van der Waals surface area contributed by atoms with Crippen molar-refractivity contribution >= 4 is 5.95 Å². The summed E-state index contributed by atoms with van der Waals surface area (Å²) in [5.41, 5.74) is 8.30. The summed E-state index contributed by atoms with van der Waals surface area (Å²) in [6, 6.07) is 2.16. The molecule has 0 N–H and O–H groups in total. The molecule has 4 rings (SSSR count). The molecule has 0 spiro atoms. The highest BCUT2D eigenvalue weighted by Crippen LogP contribution is 2.35. The van der Waals surface area contributed by atoms with E-state index in [0.29, 0.717) is 5.92 Å². The van der Waals surface area contributed by atoms with Crippen molar-refractivity contribution < 1.29 is 4.74 Å². The number of hydrogen-bond donors (Lipinski definition) is 0. The maximum absolute atomic E-state index is 5.55. The molecule has 3 aromatic rings. The minimum absolute atomic E-state index is 0.340. The van der Waals surface area contributed by atoms with Crippen molar-refractivity contribution in [3.05, 3.63) is 58.9 Å². The number of ether oxygens (including phenoxy) is 1. The van der Waals surface area contributed by atoms with Gasteiger partial charge in [0.05, 0.1) is 12.8 Å². The Morgan fingerprint density at radius 2 is 1.84 bits per heavy atom. The Balaban J connectivity index is 1.61. The number of aromatic nitrogens is 4. The molecule has 0 amide bonds. The first-order chi connectivity index (χ1) is 15.4. The quantitative estimate of drug-likeness (QED) is 0.585. The fraction of sp³-hybridized carbons (Fsp3) is 0.440. The standard InChI is InChI=1S/C25H32N6O/c1-16-9-23(32-6)18(3)17(2)22(16)14-31-8-7-19(13-31)24-21(20-10-26-15-27-11-20)12-28-25(29-24)30(4)5/h9-12,15,19H,7-8,13-14H2,1-6H3/t19-/m1/s1. The van der Waals surface area contributed by atoms with Gasteiger partial charge in [0.15, 0.2) is 0 Å². The Bertz CT molecular complexity index is 1100. The minimum atomic E-state index is 0.340. The third-order valence-electron chi connectivity index (χ3n) is 6.55. The molecule has 0 unspecified atom stereocenters. The Kier molecular flexibility index (Phi) is 6.37. The van der Waals surface area contributed by atoms with Gasteiger partial charge in [0, 0.05) is 62.8 Å². The van der Waals surface area contributed by atoms with Crippen LogP contribution in [-0.4, -0.2) is 59.1 Å². The van der Waals surface area contributed by atoms with E-state index in [9.17, 15) is 0 Å². The monoisotopic (exact) mass is 432 g/mol. The summed E-state index contributed by atoms with van der Waals surface area (Å²) in [5.74, 6) is 2.04. The van der Waals surface area contributed by atoms with Gasteiger partial charge in [0.2, 0.25) is 5.95 Å². The van der Waals surface area contributed by atoms with Gasteiger partial charge in [-0.3, -0.25) is 4.90 Å². The number of nitrogens with zero attached hydrogens (tertiary/aromatic N) is 6. The molecule has 32 heavy (non-hydrogen) atoms. The molecule has 0 radical (unpaired) electrons. The van der Waals surface area contributed by atoms with E-state index in [1.165, 1.54) is 22.3 Å².